The zero-order valence-corrected chi connectivity index (χ0v) is 14.9. The molecular weight excluding hydrogens is 354 g/mol. The molecule has 1 aliphatic heterocycles. The van der Waals surface area contributed by atoms with Crippen molar-refractivity contribution in [1.29, 1.82) is 0 Å². The van der Waals surface area contributed by atoms with Crippen LogP contribution in [-0.2, 0) is 4.74 Å². The van der Waals surface area contributed by atoms with Gasteiger partial charge >= 0.3 is 0 Å². The third kappa shape index (κ3) is 6.15. The first-order valence-electron chi connectivity index (χ1n) is 7.64. The van der Waals surface area contributed by atoms with Crippen molar-refractivity contribution in [3.63, 3.8) is 0 Å². The van der Waals surface area contributed by atoms with Crippen molar-refractivity contribution in [2.75, 3.05) is 39.5 Å². The molecular formula is C16H24BrClNO2+. The Bertz CT molecular complexity index is 436. The van der Waals surface area contributed by atoms with Gasteiger partial charge < -0.3 is 14.4 Å². The standard InChI is InChI=1S/C16H23BrClNO2/c1-13-4-6-19(7-5-13)8-9-20-10-11-21-16-3-2-14(17)12-15(16)18/h2-3,12-13H,4-11H2,1H3/p+1. The molecule has 1 heterocycles. The Labute approximate surface area is 140 Å². The number of likely N-dealkylation sites (tertiary alicyclic amines) is 1. The lowest BCUT2D eigenvalue weighted by Crippen LogP contribution is -3.13. The maximum absolute atomic E-state index is 6.08. The molecule has 0 saturated carbocycles. The highest BCUT2D eigenvalue weighted by Crippen LogP contribution is 2.27. The van der Waals surface area contributed by atoms with E-state index in [0.29, 0.717) is 24.0 Å². The summed E-state index contributed by atoms with van der Waals surface area (Å²) in [6, 6.07) is 5.62. The molecule has 1 fully saturated rings. The monoisotopic (exact) mass is 376 g/mol. The Balaban J connectivity index is 1.54. The van der Waals surface area contributed by atoms with Crippen molar-refractivity contribution in [2.24, 2.45) is 5.92 Å². The maximum Gasteiger partial charge on any atom is 0.138 e. The molecule has 1 aromatic rings. The topological polar surface area (TPSA) is 22.9 Å². The first-order valence-corrected chi connectivity index (χ1v) is 8.81. The third-order valence-corrected chi connectivity index (χ3v) is 4.75. The third-order valence-electron chi connectivity index (χ3n) is 3.96. The van der Waals surface area contributed by atoms with Gasteiger partial charge in [0.2, 0.25) is 0 Å². The van der Waals surface area contributed by atoms with E-state index >= 15 is 0 Å². The van der Waals surface area contributed by atoms with E-state index in [1.807, 2.05) is 18.2 Å². The molecule has 1 N–H and O–H groups in total. The first kappa shape index (κ1) is 17.1. The molecule has 0 bridgehead atoms. The summed E-state index contributed by atoms with van der Waals surface area (Å²) in [5.41, 5.74) is 0. The molecule has 0 spiro atoms. The number of nitrogens with one attached hydrogen (secondary N) is 1. The van der Waals surface area contributed by atoms with E-state index in [4.69, 9.17) is 21.1 Å². The molecule has 21 heavy (non-hydrogen) atoms. The minimum absolute atomic E-state index is 0.535. The van der Waals surface area contributed by atoms with Crippen LogP contribution < -0.4 is 9.64 Å². The molecule has 2 rings (SSSR count). The number of hydrogen-bond acceptors (Lipinski definition) is 2. The van der Waals surface area contributed by atoms with Gasteiger partial charge in [0.15, 0.2) is 0 Å². The zero-order valence-electron chi connectivity index (χ0n) is 12.5. The molecule has 3 nitrogen and oxygen atoms in total. The largest absolute Gasteiger partial charge is 0.490 e. The molecule has 0 radical (unpaired) electrons. The van der Waals surface area contributed by atoms with Crippen LogP contribution in [0.5, 0.6) is 5.75 Å². The number of benzene rings is 1. The van der Waals surface area contributed by atoms with E-state index in [-0.39, 0.29) is 0 Å². The maximum atomic E-state index is 6.08. The molecule has 0 unspecified atom stereocenters. The molecule has 0 aromatic heterocycles. The van der Waals surface area contributed by atoms with Gasteiger partial charge in [-0.2, -0.15) is 0 Å². The molecule has 0 aliphatic carbocycles. The van der Waals surface area contributed by atoms with Gasteiger partial charge in [0.25, 0.3) is 0 Å². The van der Waals surface area contributed by atoms with Crippen molar-refractivity contribution < 1.29 is 14.4 Å². The smallest absolute Gasteiger partial charge is 0.138 e. The number of halogens is 2. The second-order valence-electron chi connectivity index (χ2n) is 5.72. The molecule has 118 valence electrons. The Morgan fingerprint density at radius 3 is 2.71 bits per heavy atom. The average Bonchev–Trinajstić information content (AvgIpc) is 2.46. The predicted octanol–water partition coefficient (Wildman–Crippen LogP) is 2.81. The zero-order chi connectivity index (χ0) is 15.1. The molecule has 0 atom stereocenters. The Morgan fingerprint density at radius 1 is 1.24 bits per heavy atom. The summed E-state index contributed by atoms with van der Waals surface area (Å²) in [5, 5.41) is 0.622. The van der Waals surface area contributed by atoms with Crippen LogP contribution in [0.1, 0.15) is 19.8 Å². The lowest BCUT2D eigenvalue weighted by molar-refractivity contribution is -0.906. The van der Waals surface area contributed by atoms with Crippen LogP contribution in [0.15, 0.2) is 22.7 Å². The first-order chi connectivity index (χ1) is 10.1. The van der Waals surface area contributed by atoms with Gasteiger partial charge in [-0.15, -0.1) is 0 Å². The molecule has 5 heteroatoms. The van der Waals surface area contributed by atoms with Crippen LogP contribution in [-0.4, -0.2) is 39.5 Å². The summed E-state index contributed by atoms with van der Waals surface area (Å²) in [6.07, 6.45) is 2.70. The van der Waals surface area contributed by atoms with E-state index < -0.39 is 0 Å². The van der Waals surface area contributed by atoms with Crippen LogP contribution in [0.3, 0.4) is 0 Å². The highest BCUT2D eigenvalue weighted by atomic mass is 79.9. The van der Waals surface area contributed by atoms with E-state index in [9.17, 15) is 0 Å². The minimum atomic E-state index is 0.535. The van der Waals surface area contributed by atoms with Gasteiger partial charge in [-0.1, -0.05) is 34.5 Å². The van der Waals surface area contributed by atoms with Gasteiger partial charge in [0.05, 0.1) is 31.3 Å². The van der Waals surface area contributed by atoms with Crippen LogP contribution >= 0.6 is 27.5 Å². The van der Waals surface area contributed by atoms with E-state index in [0.717, 1.165) is 23.5 Å². The minimum Gasteiger partial charge on any atom is -0.490 e. The summed E-state index contributed by atoms with van der Waals surface area (Å²) >= 11 is 9.46. The van der Waals surface area contributed by atoms with Crippen molar-refractivity contribution in [3.05, 3.63) is 27.7 Å². The Kier molecular flexibility index (Phi) is 7.30. The fourth-order valence-corrected chi connectivity index (χ4v) is 3.27. The summed E-state index contributed by atoms with van der Waals surface area (Å²) in [5.74, 6) is 1.61. The highest BCUT2D eigenvalue weighted by Gasteiger charge is 2.18. The lowest BCUT2D eigenvalue weighted by atomic mass is 9.99. The predicted molar refractivity (Wildman–Crippen MR) is 89.4 cm³/mol. The van der Waals surface area contributed by atoms with Gasteiger partial charge in [0, 0.05) is 4.47 Å². The summed E-state index contributed by atoms with van der Waals surface area (Å²) < 4.78 is 12.2. The van der Waals surface area contributed by atoms with Gasteiger partial charge in [-0.3, -0.25) is 0 Å². The fraction of sp³-hybridized carbons (Fsp3) is 0.625. The van der Waals surface area contributed by atoms with Crippen molar-refractivity contribution >= 4 is 27.5 Å². The summed E-state index contributed by atoms with van der Waals surface area (Å²) in [6.45, 7) is 7.97. The highest BCUT2D eigenvalue weighted by molar-refractivity contribution is 9.10. The van der Waals surface area contributed by atoms with Gasteiger partial charge in [0.1, 0.15) is 18.9 Å². The quantitative estimate of drug-likeness (QED) is 0.738. The SMILES string of the molecule is CC1CC[NH+](CCOCCOc2ccc(Br)cc2Cl)CC1. The van der Waals surface area contributed by atoms with Crippen molar-refractivity contribution in [3.8, 4) is 5.75 Å². The fourth-order valence-electron chi connectivity index (χ4n) is 2.54. The number of piperidine rings is 1. The van der Waals surface area contributed by atoms with Gasteiger partial charge in [-0.25, -0.2) is 0 Å². The van der Waals surface area contributed by atoms with Crippen molar-refractivity contribution in [2.45, 2.75) is 19.8 Å². The second-order valence-corrected chi connectivity index (χ2v) is 7.04. The van der Waals surface area contributed by atoms with Crippen LogP contribution in [0, 0.1) is 5.92 Å². The molecule has 1 saturated heterocycles. The number of ether oxygens (including phenoxy) is 2. The normalized spacial score (nSPS) is 22.2. The van der Waals surface area contributed by atoms with E-state index in [1.54, 1.807) is 4.90 Å². The van der Waals surface area contributed by atoms with Crippen LogP contribution in [0.2, 0.25) is 5.02 Å². The lowest BCUT2D eigenvalue weighted by Gasteiger charge is -2.27. The number of rotatable bonds is 7. The Hall–Kier alpha value is -0.290. The Morgan fingerprint density at radius 2 is 2.00 bits per heavy atom. The molecule has 1 aromatic carbocycles. The van der Waals surface area contributed by atoms with Crippen molar-refractivity contribution in [1.82, 2.24) is 0 Å². The van der Waals surface area contributed by atoms with E-state index in [2.05, 4.69) is 22.9 Å². The average molecular weight is 378 g/mol. The second kappa shape index (κ2) is 8.99. The number of quaternary nitrogens is 1. The van der Waals surface area contributed by atoms with E-state index in [1.165, 1.54) is 25.9 Å². The number of hydrogen-bond donors (Lipinski definition) is 1. The van der Waals surface area contributed by atoms with Crippen LogP contribution in [0.25, 0.3) is 0 Å². The van der Waals surface area contributed by atoms with Gasteiger partial charge in [-0.05, 0) is 37.0 Å². The molecule has 1 aliphatic rings. The van der Waals surface area contributed by atoms with Crippen LogP contribution in [0.4, 0.5) is 0 Å². The molecule has 0 amide bonds. The summed E-state index contributed by atoms with van der Waals surface area (Å²) in [7, 11) is 0. The summed E-state index contributed by atoms with van der Waals surface area (Å²) in [4.78, 5) is 1.67.